The lowest BCUT2D eigenvalue weighted by Crippen LogP contribution is -2.44. The standard InChI is InChI=1S/C12H20N4O3S/c1-5-8(10(17)18)16(4)12(19)13-11-15-14-9(20-11)6-7(2)3/h7-8H,5-6H2,1-4H3,(H,17,18)(H,13,15,19). The van der Waals surface area contributed by atoms with E-state index in [4.69, 9.17) is 5.11 Å². The number of nitrogens with zero attached hydrogens (tertiary/aromatic N) is 3. The molecule has 2 amide bonds. The molecular weight excluding hydrogens is 280 g/mol. The number of amides is 2. The SMILES string of the molecule is CCC(C(=O)O)N(C)C(=O)Nc1nnc(CC(C)C)s1. The minimum atomic E-state index is -1.03. The van der Waals surface area contributed by atoms with Crippen molar-refractivity contribution in [2.75, 3.05) is 12.4 Å². The fourth-order valence-corrected chi connectivity index (χ4v) is 2.61. The highest BCUT2D eigenvalue weighted by molar-refractivity contribution is 7.15. The largest absolute Gasteiger partial charge is 0.480 e. The van der Waals surface area contributed by atoms with Crippen molar-refractivity contribution in [1.29, 1.82) is 0 Å². The van der Waals surface area contributed by atoms with Crippen LogP contribution >= 0.6 is 11.3 Å². The molecule has 1 rings (SSSR count). The molecule has 0 fully saturated rings. The second-order valence-electron chi connectivity index (χ2n) is 4.90. The highest BCUT2D eigenvalue weighted by atomic mass is 32.1. The van der Waals surface area contributed by atoms with E-state index in [1.807, 2.05) is 0 Å². The maximum Gasteiger partial charge on any atom is 0.326 e. The van der Waals surface area contributed by atoms with E-state index in [1.165, 1.54) is 18.4 Å². The van der Waals surface area contributed by atoms with Crippen LogP contribution in [-0.4, -0.2) is 45.3 Å². The molecule has 1 aromatic heterocycles. The van der Waals surface area contributed by atoms with E-state index >= 15 is 0 Å². The summed E-state index contributed by atoms with van der Waals surface area (Å²) in [7, 11) is 1.45. The van der Waals surface area contributed by atoms with Crippen molar-refractivity contribution in [2.45, 2.75) is 39.7 Å². The lowest BCUT2D eigenvalue weighted by atomic mass is 10.1. The molecule has 7 nitrogen and oxygen atoms in total. The summed E-state index contributed by atoms with van der Waals surface area (Å²) in [6, 6.07) is -1.34. The fourth-order valence-electron chi connectivity index (χ4n) is 1.67. The summed E-state index contributed by atoms with van der Waals surface area (Å²) < 4.78 is 0. The number of aliphatic carboxylic acids is 1. The van der Waals surface area contributed by atoms with Crippen LogP contribution in [0, 0.1) is 5.92 Å². The normalized spacial score (nSPS) is 12.2. The molecule has 2 N–H and O–H groups in total. The Morgan fingerprint density at radius 3 is 2.55 bits per heavy atom. The van der Waals surface area contributed by atoms with E-state index in [2.05, 4.69) is 29.4 Å². The highest BCUT2D eigenvalue weighted by Gasteiger charge is 2.25. The molecule has 1 heterocycles. The molecule has 0 spiro atoms. The van der Waals surface area contributed by atoms with Crippen molar-refractivity contribution in [3.63, 3.8) is 0 Å². The summed E-state index contributed by atoms with van der Waals surface area (Å²) in [5.41, 5.74) is 0. The molecule has 0 aliphatic rings. The molecule has 20 heavy (non-hydrogen) atoms. The highest BCUT2D eigenvalue weighted by Crippen LogP contribution is 2.18. The van der Waals surface area contributed by atoms with Gasteiger partial charge in [-0.15, -0.1) is 10.2 Å². The Balaban J connectivity index is 2.65. The van der Waals surface area contributed by atoms with Crippen LogP contribution in [0.3, 0.4) is 0 Å². The summed E-state index contributed by atoms with van der Waals surface area (Å²) in [6.07, 6.45) is 1.14. The molecular formula is C12H20N4O3S. The van der Waals surface area contributed by atoms with Crippen LogP contribution in [0.25, 0.3) is 0 Å². The third kappa shape index (κ3) is 4.44. The smallest absolute Gasteiger partial charge is 0.326 e. The number of hydrogen-bond donors (Lipinski definition) is 2. The van der Waals surface area contributed by atoms with E-state index in [0.29, 0.717) is 17.5 Å². The lowest BCUT2D eigenvalue weighted by molar-refractivity contribution is -0.141. The first-order chi connectivity index (χ1) is 9.35. The van der Waals surface area contributed by atoms with Gasteiger partial charge in [-0.1, -0.05) is 32.1 Å². The molecule has 0 saturated heterocycles. The van der Waals surface area contributed by atoms with Crippen LogP contribution in [0.1, 0.15) is 32.2 Å². The predicted octanol–water partition coefficient (Wildman–Crippen LogP) is 2.06. The number of hydrogen-bond acceptors (Lipinski definition) is 5. The number of urea groups is 1. The zero-order chi connectivity index (χ0) is 15.3. The minimum absolute atomic E-state index is 0.341. The Hall–Kier alpha value is -1.70. The van der Waals surface area contributed by atoms with Crippen LogP contribution in [0.15, 0.2) is 0 Å². The van der Waals surface area contributed by atoms with Crippen LogP contribution < -0.4 is 5.32 Å². The van der Waals surface area contributed by atoms with Gasteiger partial charge in [-0.05, 0) is 12.3 Å². The maximum absolute atomic E-state index is 11.9. The van der Waals surface area contributed by atoms with Gasteiger partial charge >= 0.3 is 12.0 Å². The molecule has 0 aliphatic carbocycles. The zero-order valence-electron chi connectivity index (χ0n) is 12.1. The summed E-state index contributed by atoms with van der Waals surface area (Å²) in [5.74, 6) is -0.562. The van der Waals surface area contributed by atoms with E-state index in [1.54, 1.807) is 6.92 Å². The minimum Gasteiger partial charge on any atom is -0.480 e. The van der Waals surface area contributed by atoms with Gasteiger partial charge in [-0.2, -0.15) is 0 Å². The number of rotatable bonds is 6. The number of carbonyl (C=O) groups excluding carboxylic acids is 1. The first-order valence-corrected chi connectivity index (χ1v) is 7.25. The quantitative estimate of drug-likeness (QED) is 0.838. The summed E-state index contributed by atoms with van der Waals surface area (Å²) >= 11 is 1.31. The van der Waals surface area contributed by atoms with Crippen molar-refractivity contribution in [3.8, 4) is 0 Å². The third-order valence-corrected chi connectivity index (χ3v) is 3.58. The van der Waals surface area contributed by atoms with Crippen molar-refractivity contribution in [2.24, 2.45) is 5.92 Å². The molecule has 0 bridgehead atoms. The Labute approximate surface area is 122 Å². The van der Waals surface area contributed by atoms with Gasteiger partial charge in [-0.25, -0.2) is 9.59 Å². The molecule has 0 aliphatic heterocycles. The van der Waals surface area contributed by atoms with Gasteiger partial charge in [0.2, 0.25) is 5.13 Å². The topological polar surface area (TPSA) is 95.4 Å². The van der Waals surface area contributed by atoms with Crippen molar-refractivity contribution in [1.82, 2.24) is 15.1 Å². The fraction of sp³-hybridized carbons (Fsp3) is 0.667. The zero-order valence-corrected chi connectivity index (χ0v) is 12.9. The van der Waals surface area contributed by atoms with Crippen molar-refractivity contribution >= 4 is 28.5 Å². The Bertz CT molecular complexity index is 475. The molecule has 1 atom stereocenters. The van der Waals surface area contributed by atoms with E-state index in [0.717, 1.165) is 16.3 Å². The number of likely N-dealkylation sites (N-methyl/N-ethyl adjacent to an activating group) is 1. The first kappa shape index (κ1) is 16.4. The number of aromatic nitrogens is 2. The number of anilines is 1. The molecule has 1 aromatic rings. The van der Waals surface area contributed by atoms with E-state index in [9.17, 15) is 9.59 Å². The maximum atomic E-state index is 11.9. The molecule has 1 unspecified atom stereocenters. The number of carboxylic acids is 1. The van der Waals surface area contributed by atoms with Gasteiger partial charge in [0, 0.05) is 13.5 Å². The van der Waals surface area contributed by atoms with E-state index in [-0.39, 0.29) is 0 Å². The summed E-state index contributed by atoms with van der Waals surface area (Å²) in [6.45, 7) is 5.87. The van der Waals surface area contributed by atoms with Crippen LogP contribution in [0.4, 0.5) is 9.93 Å². The predicted molar refractivity (Wildman–Crippen MR) is 76.9 cm³/mol. The number of carbonyl (C=O) groups is 2. The Kier molecular flexibility index (Phi) is 5.87. The van der Waals surface area contributed by atoms with Gasteiger partial charge in [-0.3, -0.25) is 5.32 Å². The van der Waals surface area contributed by atoms with Crippen LogP contribution in [0.2, 0.25) is 0 Å². The number of nitrogens with one attached hydrogen (secondary N) is 1. The third-order valence-electron chi connectivity index (χ3n) is 2.72. The lowest BCUT2D eigenvalue weighted by Gasteiger charge is -2.23. The van der Waals surface area contributed by atoms with Crippen molar-refractivity contribution in [3.05, 3.63) is 5.01 Å². The van der Waals surface area contributed by atoms with E-state index < -0.39 is 18.0 Å². The molecule has 112 valence electrons. The second-order valence-corrected chi connectivity index (χ2v) is 5.96. The van der Waals surface area contributed by atoms with Gasteiger partial charge in [0.15, 0.2) is 0 Å². The van der Waals surface area contributed by atoms with Gasteiger partial charge in [0.25, 0.3) is 0 Å². The second kappa shape index (κ2) is 7.18. The summed E-state index contributed by atoms with van der Waals surface area (Å²) in [5, 5.41) is 20.7. The van der Waals surface area contributed by atoms with Gasteiger partial charge < -0.3 is 10.0 Å². The molecule has 0 radical (unpaired) electrons. The monoisotopic (exact) mass is 300 g/mol. The first-order valence-electron chi connectivity index (χ1n) is 6.44. The van der Waals surface area contributed by atoms with Crippen molar-refractivity contribution < 1.29 is 14.7 Å². The number of carboxylic acid groups (broad SMARTS) is 1. The summed E-state index contributed by atoms with van der Waals surface area (Å²) in [4.78, 5) is 24.1. The average molecular weight is 300 g/mol. The van der Waals surface area contributed by atoms with Crippen LogP contribution in [0.5, 0.6) is 0 Å². The van der Waals surface area contributed by atoms with Crippen LogP contribution in [-0.2, 0) is 11.2 Å². The van der Waals surface area contributed by atoms with Gasteiger partial charge in [0.1, 0.15) is 11.0 Å². The average Bonchev–Trinajstić information content (AvgIpc) is 2.75. The Morgan fingerprint density at radius 2 is 2.05 bits per heavy atom. The molecule has 0 aromatic carbocycles. The Morgan fingerprint density at radius 1 is 1.40 bits per heavy atom. The molecule has 0 saturated carbocycles. The molecule has 8 heteroatoms. The van der Waals surface area contributed by atoms with Gasteiger partial charge in [0.05, 0.1) is 0 Å².